The molecule has 146 valence electrons. The van der Waals surface area contributed by atoms with Gasteiger partial charge in [-0.2, -0.15) is 0 Å². The maximum Gasteiger partial charge on any atom is 0.245 e. The second-order valence-electron chi connectivity index (χ2n) is 8.23. The number of benzene rings is 1. The molecule has 0 aliphatic carbocycles. The molecule has 3 saturated heterocycles. The summed E-state index contributed by atoms with van der Waals surface area (Å²) in [6.07, 6.45) is 6.98. The van der Waals surface area contributed by atoms with Crippen LogP contribution in [0, 0.1) is 0 Å². The van der Waals surface area contributed by atoms with E-state index in [-0.39, 0.29) is 17.9 Å². The summed E-state index contributed by atoms with van der Waals surface area (Å²) >= 11 is 0. The van der Waals surface area contributed by atoms with Crippen LogP contribution in [0.25, 0.3) is 0 Å². The van der Waals surface area contributed by atoms with E-state index in [0.29, 0.717) is 19.0 Å². The Labute approximate surface area is 162 Å². The molecule has 3 aliphatic rings. The topological polar surface area (TPSA) is 43.9 Å². The third-order valence-corrected chi connectivity index (χ3v) is 6.42. The van der Waals surface area contributed by atoms with E-state index in [1.54, 1.807) is 0 Å². The standard InChI is InChI=1S/C22H31N3O2/c26-21(16-18-8-2-1-3-9-18)25-15-7-11-20(25)22(27)24-14-6-10-19(17-24)23-12-4-5-13-23/h1-3,8-9,19-20H,4-7,10-17H2. The molecule has 1 aromatic carbocycles. The maximum atomic E-state index is 13.2. The normalized spacial score (nSPS) is 26.5. The van der Waals surface area contributed by atoms with Crippen molar-refractivity contribution in [2.24, 2.45) is 0 Å². The second-order valence-corrected chi connectivity index (χ2v) is 8.23. The van der Waals surface area contributed by atoms with Crippen LogP contribution in [0.15, 0.2) is 30.3 Å². The monoisotopic (exact) mass is 369 g/mol. The van der Waals surface area contributed by atoms with Crippen LogP contribution in [0.3, 0.4) is 0 Å². The van der Waals surface area contributed by atoms with Crippen molar-refractivity contribution in [3.8, 4) is 0 Å². The van der Waals surface area contributed by atoms with Gasteiger partial charge in [0.1, 0.15) is 6.04 Å². The molecule has 4 rings (SSSR count). The van der Waals surface area contributed by atoms with E-state index in [9.17, 15) is 9.59 Å². The molecule has 3 aliphatic heterocycles. The molecule has 0 spiro atoms. The van der Waals surface area contributed by atoms with Gasteiger partial charge in [0, 0.05) is 25.7 Å². The van der Waals surface area contributed by atoms with Crippen LogP contribution in [-0.2, 0) is 16.0 Å². The van der Waals surface area contributed by atoms with Gasteiger partial charge in [0.15, 0.2) is 0 Å². The summed E-state index contributed by atoms with van der Waals surface area (Å²) in [6.45, 7) is 4.76. The molecule has 2 amide bonds. The van der Waals surface area contributed by atoms with Crippen molar-refractivity contribution in [2.45, 2.75) is 57.0 Å². The second kappa shape index (κ2) is 8.42. The fourth-order valence-corrected chi connectivity index (χ4v) is 4.96. The van der Waals surface area contributed by atoms with Gasteiger partial charge in [0.2, 0.25) is 11.8 Å². The summed E-state index contributed by atoms with van der Waals surface area (Å²) in [7, 11) is 0. The zero-order chi connectivity index (χ0) is 18.6. The van der Waals surface area contributed by atoms with Crippen molar-refractivity contribution in [1.29, 1.82) is 0 Å². The lowest BCUT2D eigenvalue weighted by molar-refractivity contribution is -0.144. The van der Waals surface area contributed by atoms with Crippen molar-refractivity contribution < 1.29 is 9.59 Å². The Hall–Kier alpha value is -1.88. The number of piperidine rings is 1. The molecule has 3 fully saturated rings. The molecule has 0 bridgehead atoms. The molecule has 2 atom stereocenters. The van der Waals surface area contributed by atoms with Crippen molar-refractivity contribution in [3.63, 3.8) is 0 Å². The summed E-state index contributed by atoms with van der Waals surface area (Å²) < 4.78 is 0. The Morgan fingerprint density at radius 2 is 1.63 bits per heavy atom. The molecule has 1 aromatic rings. The largest absolute Gasteiger partial charge is 0.339 e. The Bertz CT molecular complexity index is 657. The zero-order valence-corrected chi connectivity index (χ0v) is 16.2. The lowest BCUT2D eigenvalue weighted by Gasteiger charge is -2.39. The fraction of sp³-hybridized carbons (Fsp3) is 0.636. The summed E-state index contributed by atoms with van der Waals surface area (Å²) in [6, 6.07) is 10.1. The Morgan fingerprint density at radius 3 is 2.41 bits per heavy atom. The van der Waals surface area contributed by atoms with E-state index in [1.165, 1.54) is 32.4 Å². The molecule has 5 nitrogen and oxygen atoms in total. The van der Waals surface area contributed by atoms with E-state index in [2.05, 4.69) is 4.90 Å². The number of carbonyl (C=O) groups is 2. The third kappa shape index (κ3) is 4.18. The smallest absolute Gasteiger partial charge is 0.245 e. The maximum absolute atomic E-state index is 13.2. The molecule has 0 N–H and O–H groups in total. The van der Waals surface area contributed by atoms with Crippen LogP contribution in [-0.4, -0.2) is 71.3 Å². The Kier molecular flexibility index (Phi) is 5.77. The van der Waals surface area contributed by atoms with Gasteiger partial charge in [-0.25, -0.2) is 0 Å². The number of carbonyl (C=O) groups excluding carboxylic acids is 2. The summed E-state index contributed by atoms with van der Waals surface area (Å²) in [5, 5.41) is 0. The van der Waals surface area contributed by atoms with E-state index in [0.717, 1.165) is 37.9 Å². The predicted octanol–water partition coefficient (Wildman–Crippen LogP) is 2.31. The number of likely N-dealkylation sites (tertiary alicyclic amines) is 3. The number of amides is 2. The molecule has 0 radical (unpaired) electrons. The summed E-state index contributed by atoms with van der Waals surface area (Å²) in [5.74, 6) is 0.267. The summed E-state index contributed by atoms with van der Waals surface area (Å²) in [4.78, 5) is 32.5. The van der Waals surface area contributed by atoms with Gasteiger partial charge in [-0.15, -0.1) is 0 Å². The van der Waals surface area contributed by atoms with Gasteiger partial charge >= 0.3 is 0 Å². The Balaban J connectivity index is 1.38. The summed E-state index contributed by atoms with van der Waals surface area (Å²) in [5.41, 5.74) is 1.02. The first kappa shape index (κ1) is 18.5. The van der Waals surface area contributed by atoms with Gasteiger partial charge in [0.25, 0.3) is 0 Å². The average Bonchev–Trinajstić information content (AvgIpc) is 3.40. The molecule has 0 saturated carbocycles. The molecule has 27 heavy (non-hydrogen) atoms. The highest BCUT2D eigenvalue weighted by Crippen LogP contribution is 2.25. The van der Waals surface area contributed by atoms with E-state index in [4.69, 9.17) is 0 Å². The van der Waals surface area contributed by atoms with Crippen LogP contribution >= 0.6 is 0 Å². The molecule has 0 aromatic heterocycles. The average molecular weight is 370 g/mol. The van der Waals surface area contributed by atoms with E-state index >= 15 is 0 Å². The van der Waals surface area contributed by atoms with Gasteiger partial charge in [-0.05, 0) is 57.2 Å². The van der Waals surface area contributed by atoms with Crippen LogP contribution in [0.1, 0.15) is 44.1 Å². The molecular weight excluding hydrogens is 338 g/mol. The quantitative estimate of drug-likeness (QED) is 0.818. The number of rotatable bonds is 4. The Morgan fingerprint density at radius 1 is 0.889 bits per heavy atom. The molecule has 2 unspecified atom stereocenters. The predicted molar refractivity (Wildman–Crippen MR) is 105 cm³/mol. The van der Waals surface area contributed by atoms with Gasteiger partial charge in [-0.1, -0.05) is 30.3 Å². The number of nitrogens with zero attached hydrogens (tertiary/aromatic N) is 3. The highest BCUT2D eigenvalue weighted by Gasteiger charge is 2.38. The van der Waals surface area contributed by atoms with Crippen LogP contribution < -0.4 is 0 Å². The van der Waals surface area contributed by atoms with Crippen molar-refractivity contribution >= 4 is 11.8 Å². The highest BCUT2D eigenvalue weighted by molar-refractivity contribution is 5.89. The van der Waals surface area contributed by atoms with Crippen LogP contribution in [0.4, 0.5) is 0 Å². The minimum absolute atomic E-state index is 0.0881. The first-order chi connectivity index (χ1) is 13.2. The third-order valence-electron chi connectivity index (χ3n) is 6.42. The van der Waals surface area contributed by atoms with Crippen molar-refractivity contribution in [1.82, 2.24) is 14.7 Å². The van der Waals surface area contributed by atoms with Crippen molar-refractivity contribution in [2.75, 3.05) is 32.7 Å². The van der Waals surface area contributed by atoms with Crippen LogP contribution in [0.2, 0.25) is 0 Å². The fourth-order valence-electron chi connectivity index (χ4n) is 4.96. The molecule has 5 heteroatoms. The molecular formula is C22H31N3O2. The van der Waals surface area contributed by atoms with Crippen molar-refractivity contribution in [3.05, 3.63) is 35.9 Å². The zero-order valence-electron chi connectivity index (χ0n) is 16.2. The SMILES string of the molecule is O=C(C1CCCN1C(=O)Cc1ccccc1)N1CCCC(N2CCCC2)C1. The highest BCUT2D eigenvalue weighted by atomic mass is 16.2. The van der Waals surface area contributed by atoms with Gasteiger partial charge in [-0.3, -0.25) is 14.5 Å². The number of hydrogen-bond donors (Lipinski definition) is 0. The minimum Gasteiger partial charge on any atom is -0.339 e. The van der Waals surface area contributed by atoms with Crippen LogP contribution in [0.5, 0.6) is 0 Å². The first-order valence-electron chi connectivity index (χ1n) is 10.6. The van der Waals surface area contributed by atoms with Gasteiger partial charge in [0.05, 0.1) is 6.42 Å². The lowest BCUT2D eigenvalue weighted by atomic mass is 10.0. The molecule has 3 heterocycles. The lowest BCUT2D eigenvalue weighted by Crippen LogP contribution is -2.54. The number of hydrogen-bond acceptors (Lipinski definition) is 3. The first-order valence-corrected chi connectivity index (χ1v) is 10.6. The van der Waals surface area contributed by atoms with Gasteiger partial charge < -0.3 is 9.80 Å². The minimum atomic E-state index is -0.251. The van der Waals surface area contributed by atoms with E-state index < -0.39 is 0 Å². The van der Waals surface area contributed by atoms with E-state index in [1.807, 2.05) is 40.1 Å².